The van der Waals surface area contributed by atoms with Crippen molar-refractivity contribution in [1.29, 1.82) is 0 Å². The molecule has 0 aliphatic heterocycles. The molecule has 1 heterocycles. The van der Waals surface area contributed by atoms with Gasteiger partial charge >= 0.3 is 0 Å². The van der Waals surface area contributed by atoms with E-state index in [2.05, 4.69) is 54.0 Å². The summed E-state index contributed by atoms with van der Waals surface area (Å²) in [5.41, 5.74) is 9.02. The summed E-state index contributed by atoms with van der Waals surface area (Å²) in [6.07, 6.45) is 2.16. The van der Waals surface area contributed by atoms with Gasteiger partial charge in [-0.2, -0.15) is 0 Å². The topological polar surface area (TPSA) is 48.0 Å². The maximum Gasteiger partial charge on any atom is 0.217 e. The monoisotopic (exact) mass is 280 g/mol. The zero-order valence-corrected chi connectivity index (χ0v) is 12.3. The van der Waals surface area contributed by atoms with Crippen molar-refractivity contribution in [2.75, 3.05) is 0 Å². The molecule has 3 heteroatoms. The summed E-state index contributed by atoms with van der Waals surface area (Å²) in [6, 6.07) is 15.1. The summed E-state index contributed by atoms with van der Waals surface area (Å²) in [5, 5.41) is 2.59. The van der Waals surface area contributed by atoms with Gasteiger partial charge in [0.2, 0.25) is 5.91 Å². The minimum absolute atomic E-state index is 0.223. The van der Waals surface area contributed by atoms with Crippen LogP contribution in [0.1, 0.15) is 25.3 Å². The number of hydrogen-bond acceptors (Lipinski definition) is 1. The van der Waals surface area contributed by atoms with E-state index < -0.39 is 0 Å². The molecular formula is C18H20N2O. The summed E-state index contributed by atoms with van der Waals surface area (Å²) in [7, 11) is 0. The molecule has 3 rings (SSSR count). The van der Waals surface area contributed by atoms with E-state index in [1.54, 1.807) is 0 Å². The molecule has 0 spiro atoms. The number of aromatic nitrogens is 1. The molecule has 0 aliphatic carbocycles. The number of fused-ring (bicyclic) bond motifs is 3. The van der Waals surface area contributed by atoms with Crippen molar-refractivity contribution < 1.29 is 4.79 Å². The fraction of sp³-hybridized carbons (Fsp3) is 0.278. The van der Waals surface area contributed by atoms with E-state index in [9.17, 15) is 4.79 Å². The Hall–Kier alpha value is -2.29. The second-order valence-corrected chi connectivity index (χ2v) is 5.43. The van der Waals surface area contributed by atoms with Crippen LogP contribution in [0, 0.1) is 0 Å². The Labute approximate surface area is 124 Å². The average Bonchev–Trinajstić information content (AvgIpc) is 2.80. The Morgan fingerprint density at radius 1 is 1.10 bits per heavy atom. The molecule has 3 nitrogen and oxygen atoms in total. The van der Waals surface area contributed by atoms with Crippen LogP contribution in [-0.2, 0) is 17.8 Å². The van der Waals surface area contributed by atoms with Crippen LogP contribution in [-0.4, -0.2) is 10.5 Å². The molecule has 0 fully saturated rings. The fourth-order valence-electron chi connectivity index (χ4n) is 3.06. The van der Waals surface area contributed by atoms with Crippen LogP contribution in [0.15, 0.2) is 42.5 Å². The van der Waals surface area contributed by atoms with Crippen LogP contribution < -0.4 is 5.73 Å². The Morgan fingerprint density at radius 2 is 1.86 bits per heavy atom. The first-order valence-corrected chi connectivity index (χ1v) is 7.49. The lowest BCUT2D eigenvalue weighted by Crippen LogP contribution is -2.10. The molecule has 0 saturated carbocycles. The van der Waals surface area contributed by atoms with Gasteiger partial charge in [0.25, 0.3) is 0 Å². The summed E-state index contributed by atoms with van der Waals surface area (Å²) in [4.78, 5) is 10.8. The summed E-state index contributed by atoms with van der Waals surface area (Å²) < 4.78 is 2.35. The Morgan fingerprint density at radius 3 is 2.62 bits per heavy atom. The van der Waals surface area contributed by atoms with Crippen molar-refractivity contribution in [3.63, 3.8) is 0 Å². The van der Waals surface area contributed by atoms with Crippen molar-refractivity contribution >= 4 is 27.7 Å². The Balaban J connectivity index is 2.04. The standard InChI is InChI=1S/C18H20N2O/c1-2-20-16-8-4-3-7-14(16)15-12-13(10-11-17(15)20)6-5-9-18(19)21/h3-4,7-8,10-12H,2,5-6,9H2,1H3,(H2,19,21). The van der Waals surface area contributed by atoms with Crippen molar-refractivity contribution in [3.8, 4) is 0 Å². The quantitative estimate of drug-likeness (QED) is 0.762. The van der Waals surface area contributed by atoms with E-state index in [-0.39, 0.29) is 5.91 Å². The molecule has 3 aromatic rings. The van der Waals surface area contributed by atoms with Gasteiger partial charge in [0, 0.05) is 34.8 Å². The number of nitrogens with zero attached hydrogens (tertiary/aromatic N) is 1. The molecule has 0 saturated heterocycles. The van der Waals surface area contributed by atoms with Crippen LogP contribution in [0.25, 0.3) is 21.8 Å². The molecule has 0 radical (unpaired) electrons. The molecule has 1 amide bonds. The van der Waals surface area contributed by atoms with Gasteiger partial charge in [0.1, 0.15) is 0 Å². The fourth-order valence-corrected chi connectivity index (χ4v) is 3.06. The SMILES string of the molecule is CCn1c2ccccc2c2cc(CCCC(N)=O)ccc21. The van der Waals surface area contributed by atoms with E-state index in [0.717, 1.165) is 19.4 Å². The molecule has 0 unspecified atom stereocenters. The van der Waals surface area contributed by atoms with Crippen LogP contribution >= 0.6 is 0 Å². The second kappa shape index (κ2) is 5.60. The van der Waals surface area contributed by atoms with Crippen LogP contribution in [0.5, 0.6) is 0 Å². The summed E-state index contributed by atoms with van der Waals surface area (Å²) >= 11 is 0. The normalized spacial score (nSPS) is 11.3. The third kappa shape index (κ3) is 2.51. The van der Waals surface area contributed by atoms with Gasteiger partial charge in [-0.05, 0) is 43.5 Å². The molecule has 0 aliphatic rings. The first-order valence-electron chi connectivity index (χ1n) is 7.49. The average molecular weight is 280 g/mol. The number of carbonyl (C=O) groups excluding carboxylic acids is 1. The number of nitrogens with two attached hydrogens (primary N) is 1. The minimum atomic E-state index is -0.223. The van der Waals surface area contributed by atoms with Crippen molar-refractivity contribution in [2.45, 2.75) is 32.7 Å². The van der Waals surface area contributed by atoms with Gasteiger partial charge in [-0.15, -0.1) is 0 Å². The maximum atomic E-state index is 10.8. The number of amides is 1. The number of benzene rings is 2. The smallest absolute Gasteiger partial charge is 0.217 e. The number of para-hydroxylation sites is 1. The van der Waals surface area contributed by atoms with Crippen LogP contribution in [0.4, 0.5) is 0 Å². The largest absolute Gasteiger partial charge is 0.370 e. The van der Waals surface area contributed by atoms with Crippen molar-refractivity contribution in [3.05, 3.63) is 48.0 Å². The number of hydrogen-bond donors (Lipinski definition) is 1. The number of rotatable bonds is 5. The number of primary amides is 1. The van der Waals surface area contributed by atoms with Crippen molar-refractivity contribution in [2.24, 2.45) is 5.73 Å². The lowest BCUT2D eigenvalue weighted by Gasteiger charge is -2.04. The van der Waals surface area contributed by atoms with E-state index in [1.165, 1.54) is 27.4 Å². The maximum absolute atomic E-state index is 10.8. The zero-order valence-electron chi connectivity index (χ0n) is 12.3. The van der Waals surface area contributed by atoms with Crippen LogP contribution in [0.3, 0.4) is 0 Å². The minimum Gasteiger partial charge on any atom is -0.370 e. The first kappa shape index (κ1) is 13.7. The molecule has 2 aromatic carbocycles. The highest BCUT2D eigenvalue weighted by Gasteiger charge is 2.09. The molecule has 108 valence electrons. The van der Waals surface area contributed by atoms with Gasteiger partial charge in [0.15, 0.2) is 0 Å². The highest BCUT2D eigenvalue weighted by molar-refractivity contribution is 6.08. The van der Waals surface area contributed by atoms with Gasteiger partial charge in [0.05, 0.1) is 0 Å². The molecule has 1 aromatic heterocycles. The Bertz CT molecular complexity index is 801. The van der Waals surface area contributed by atoms with Crippen molar-refractivity contribution in [1.82, 2.24) is 4.57 Å². The second-order valence-electron chi connectivity index (χ2n) is 5.43. The lowest BCUT2D eigenvalue weighted by atomic mass is 10.0. The summed E-state index contributed by atoms with van der Waals surface area (Å²) in [6.45, 7) is 3.14. The van der Waals surface area contributed by atoms with Gasteiger partial charge < -0.3 is 10.3 Å². The van der Waals surface area contributed by atoms with Gasteiger partial charge in [-0.1, -0.05) is 24.3 Å². The van der Waals surface area contributed by atoms with E-state index in [0.29, 0.717) is 6.42 Å². The highest BCUT2D eigenvalue weighted by Crippen LogP contribution is 2.29. The van der Waals surface area contributed by atoms with Gasteiger partial charge in [-0.25, -0.2) is 0 Å². The Kier molecular flexibility index (Phi) is 3.65. The molecular weight excluding hydrogens is 260 g/mol. The number of carbonyl (C=O) groups is 1. The predicted molar refractivity (Wildman–Crippen MR) is 87.3 cm³/mol. The van der Waals surface area contributed by atoms with E-state index in [4.69, 9.17) is 5.73 Å². The molecule has 0 bridgehead atoms. The third-order valence-electron chi connectivity index (χ3n) is 4.04. The molecule has 2 N–H and O–H groups in total. The molecule has 21 heavy (non-hydrogen) atoms. The van der Waals surface area contributed by atoms with E-state index in [1.807, 2.05) is 0 Å². The number of aryl methyl sites for hydroxylation is 2. The highest BCUT2D eigenvalue weighted by atomic mass is 16.1. The predicted octanol–water partition coefficient (Wildman–Crippen LogP) is 3.62. The van der Waals surface area contributed by atoms with E-state index >= 15 is 0 Å². The lowest BCUT2D eigenvalue weighted by molar-refractivity contribution is -0.118. The first-order chi connectivity index (χ1) is 10.2. The van der Waals surface area contributed by atoms with Crippen LogP contribution in [0.2, 0.25) is 0 Å². The third-order valence-corrected chi connectivity index (χ3v) is 4.04. The molecule has 0 atom stereocenters. The summed E-state index contributed by atoms with van der Waals surface area (Å²) in [5.74, 6) is -0.223. The van der Waals surface area contributed by atoms with Gasteiger partial charge in [-0.3, -0.25) is 4.79 Å². The zero-order chi connectivity index (χ0) is 14.8.